The molecule has 1 nitrogen and oxygen atoms in total. The molecule has 2 heteroatoms. The summed E-state index contributed by atoms with van der Waals surface area (Å²) >= 11 is 0. The molecule has 1 aliphatic carbocycles. The molecule has 1 fully saturated rings. The van der Waals surface area contributed by atoms with Gasteiger partial charge in [-0.25, -0.2) is 4.39 Å². The van der Waals surface area contributed by atoms with Crippen LogP contribution in [0.3, 0.4) is 0 Å². The third-order valence-electron chi connectivity index (χ3n) is 4.81. The lowest BCUT2D eigenvalue weighted by Crippen LogP contribution is -2.19. The molecule has 0 bridgehead atoms. The maximum atomic E-state index is 13.1. The number of carbonyl (C=O) groups is 1. The summed E-state index contributed by atoms with van der Waals surface area (Å²) in [7, 11) is 0. The van der Waals surface area contributed by atoms with Crippen LogP contribution in [-0.4, -0.2) is 5.78 Å². The smallest absolute Gasteiger partial charge is 0.185 e. The number of aryl methyl sites for hydroxylation is 1. The Morgan fingerprint density at radius 2 is 1.40 bits per heavy atom. The average molecular weight is 334 g/mol. The SMILES string of the molecule is CCC1CC(=Cc2ccc(C)cc2)C(=O)C(=Cc2ccc(F)cc2)C1. The third kappa shape index (κ3) is 4.33. The summed E-state index contributed by atoms with van der Waals surface area (Å²) in [6.07, 6.45) is 6.58. The molecule has 0 radical (unpaired) electrons. The van der Waals surface area contributed by atoms with Crippen LogP contribution in [0.2, 0.25) is 0 Å². The maximum absolute atomic E-state index is 13.1. The highest BCUT2D eigenvalue weighted by atomic mass is 19.1. The minimum absolute atomic E-state index is 0.120. The van der Waals surface area contributed by atoms with Crippen molar-refractivity contribution < 1.29 is 9.18 Å². The minimum atomic E-state index is -0.261. The molecule has 2 aromatic rings. The first kappa shape index (κ1) is 17.3. The van der Waals surface area contributed by atoms with Crippen LogP contribution in [0.1, 0.15) is 42.9 Å². The van der Waals surface area contributed by atoms with Crippen LogP contribution in [0.4, 0.5) is 4.39 Å². The molecule has 0 saturated heterocycles. The fraction of sp³-hybridized carbons (Fsp3) is 0.261. The molecule has 128 valence electrons. The van der Waals surface area contributed by atoms with E-state index in [1.807, 2.05) is 12.2 Å². The lowest BCUT2D eigenvalue weighted by atomic mass is 9.78. The summed E-state index contributed by atoms with van der Waals surface area (Å²) in [6, 6.07) is 14.5. The fourth-order valence-electron chi connectivity index (χ4n) is 3.25. The second kappa shape index (κ2) is 7.60. The second-order valence-corrected chi connectivity index (χ2v) is 6.81. The Balaban J connectivity index is 1.93. The Labute approximate surface area is 148 Å². The van der Waals surface area contributed by atoms with Crippen LogP contribution in [0.25, 0.3) is 12.2 Å². The van der Waals surface area contributed by atoms with E-state index in [0.29, 0.717) is 5.92 Å². The molecule has 1 unspecified atom stereocenters. The molecule has 3 rings (SSSR count). The van der Waals surface area contributed by atoms with Gasteiger partial charge in [0, 0.05) is 11.1 Å². The van der Waals surface area contributed by atoms with Crippen molar-refractivity contribution in [3.63, 3.8) is 0 Å². The Kier molecular flexibility index (Phi) is 5.28. The molecule has 1 saturated carbocycles. The van der Waals surface area contributed by atoms with E-state index in [0.717, 1.165) is 41.5 Å². The number of hydrogen-bond donors (Lipinski definition) is 0. The van der Waals surface area contributed by atoms with E-state index < -0.39 is 0 Å². The van der Waals surface area contributed by atoms with Gasteiger partial charge in [-0.1, -0.05) is 55.3 Å². The lowest BCUT2D eigenvalue weighted by molar-refractivity contribution is -0.113. The summed E-state index contributed by atoms with van der Waals surface area (Å²) in [6.45, 7) is 4.22. The van der Waals surface area contributed by atoms with Gasteiger partial charge < -0.3 is 0 Å². The molecule has 0 aliphatic heterocycles. The summed E-state index contributed by atoms with van der Waals surface area (Å²) in [5, 5.41) is 0. The number of hydrogen-bond acceptors (Lipinski definition) is 1. The quantitative estimate of drug-likeness (QED) is 0.630. The first-order chi connectivity index (χ1) is 12.0. The largest absolute Gasteiger partial charge is 0.289 e. The zero-order valence-electron chi connectivity index (χ0n) is 14.8. The van der Waals surface area contributed by atoms with Crippen molar-refractivity contribution in [2.45, 2.75) is 33.1 Å². The van der Waals surface area contributed by atoms with Gasteiger partial charge in [0.15, 0.2) is 5.78 Å². The van der Waals surface area contributed by atoms with Gasteiger partial charge in [-0.05, 0) is 61.1 Å². The summed E-state index contributed by atoms with van der Waals surface area (Å²) in [5.41, 5.74) is 4.84. The van der Waals surface area contributed by atoms with Crippen molar-refractivity contribution >= 4 is 17.9 Å². The van der Waals surface area contributed by atoms with E-state index >= 15 is 0 Å². The van der Waals surface area contributed by atoms with Gasteiger partial charge in [0.1, 0.15) is 5.82 Å². The van der Waals surface area contributed by atoms with Crippen LogP contribution in [0.5, 0.6) is 0 Å². The topological polar surface area (TPSA) is 17.1 Å². The van der Waals surface area contributed by atoms with Crippen LogP contribution in [-0.2, 0) is 4.79 Å². The van der Waals surface area contributed by atoms with Crippen LogP contribution in [0, 0.1) is 18.7 Å². The number of rotatable bonds is 3. The van der Waals surface area contributed by atoms with E-state index in [9.17, 15) is 9.18 Å². The van der Waals surface area contributed by atoms with E-state index in [1.54, 1.807) is 12.1 Å². The van der Waals surface area contributed by atoms with Crippen molar-refractivity contribution in [1.82, 2.24) is 0 Å². The van der Waals surface area contributed by atoms with E-state index in [-0.39, 0.29) is 11.6 Å². The van der Waals surface area contributed by atoms with Crippen molar-refractivity contribution in [3.05, 3.63) is 82.2 Å². The molecule has 0 amide bonds. The number of allylic oxidation sites excluding steroid dienone is 2. The van der Waals surface area contributed by atoms with Crippen LogP contribution in [0.15, 0.2) is 59.7 Å². The zero-order valence-corrected chi connectivity index (χ0v) is 14.8. The van der Waals surface area contributed by atoms with Gasteiger partial charge in [-0.3, -0.25) is 4.79 Å². The van der Waals surface area contributed by atoms with Crippen molar-refractivity contribution in [1.29, 1.82) is 0 Å². The molecule has 0 N–H and O–H groups in total. The van der Waals surface area contributed by atoms with Gasteiger partial charge in [0.25, 0.3) is 0 Å². The molecular weight excluding hydrogens is 311 g/mol. The molecule has 1 atom stereocenters. The highest BCUT2D eigenvalue weighted by Crippen LogP contribution is 2.34. The van der Waals surface area contributed by atoms with E-state index in [1.165, 1.54) is 17.7 Å². The number of Topliss-reactive ketones (excluding diaryl/α,β-unsaturated/α-hetero) is 1. The zero-order chi connectivity index (χ0) is 17.8. The van der Waals surface area contributed by atoms with Gasteiger partial charge in [0.2, 0.25) is 0 Å². The number of ketones is 1. The molecule has 1 aliphatic rings. The van der Waals surface area contributed by atoms with Crippen LogP contribution < -0.4 is 0 Å². The van der Waals surface area contributed by atoms with Crippen molar-refractivity contribution in [2.24, 2.45) is 5.92 Å². The van der Waals surface area contributed by atoms with Crippen molar-refractivity contribution in [3.8, 4) is 0 Å². The van der Waals surface area contributed by atoms with Crippen molar-refractivity contribution in [2.75, 3.05) is 0 Å². The Morgan fingerprint density at radius 1 is 0.920 bits per heavy atom. The fourth-order valence-corrected chi connectivity index (χ4v) is 3.25. The molecule has 2 aromatic carbocycles. The maximum Gasteiger partial charge on any atom is 0.185 e. The standard InChI is InChI=1S/C23H23FO/c1-3-17-12-20(14-18-6-4-16(2)5-7-18)23(25)21(13-17)15-19-8-10-22(24)11-9-19/h4-11,14-15,17H,3,12-13H2,1-2H3. The van der Waals surface area contributed by atoms with Gasteiger partial charge >= 0.3 is 0 Å². The molecule has 0 spiro atoms. The molecule has 0 aromatic heterocycles. The Morgan fingerprint density at radius 3 is 1.88 bits per heavy atom. The highest BCUT2D eigenvalue weighted by Gasteiger charge is 2.26. The normalized spacial score (nSPS) is 21.1. The lowest BCUT2D eigenvalue weighted by Gasteiger charge is -2.24. The summed E-state index contributed by atoms with van der Waals surface area (Å²) in [4.78, 5) is 12.9. The summed E-state index contributed by atoms with van der Waals surface area (Å²) < 4.78 is 13.1. The van der Waals surface area contributed by atoms with E-state index in [2.05, 4.69) is 38.1 Å². The van der Waals surface area contributed by atoms with E-state index in [4.69, 9.17) is 0 Å². The number of halogens is 1. The Hall–Kier alpha value is -2.48. The Bertz CT molecular complexity index is 743. The van der Waals surface area contributed by atoms with Gasteiger partial charge in [-0.15, -0.1) is 0 Å². The molecule has 0 heterocycles. The second-order valence-electron chi connectivity index (χ2n) is 6.81. The first-order valence-electron chi connectivity index (χ1n) is 8.83. The predicted octanol–water partition coefficient (Wildman–Crippen LogP) is 5.99. The molecule has 25 heavy (non-hydrogen) atoms. The first-order valence-corrected chi connectivity index (χ1v) is 8.83. The van der Waals surface area contributed by atoms with Gasteiger partial charge in [0.05, 0.1) is 0 Å². The highest BCUT2D eigenvalue weighted by molar-refractivity contribution is 6.14. The van der Waals surface area contributed by atoms with Gasteiger partial charge in [-0.2, -0.15) is 0 Å². The summed E-state index contributed by atoms with van der Waals surface area (Å²) in [5.74, 6) is 0.333. The molecular formula is C23H23FO. The predicted molar refractivity (Wildman–Crippen MR) is 102 cm³/mol. The monoisotopic (exact) mass is 334 g/mol. The van der Waals surface area contributed by atoms with Crippen LogP contribution >= 0.6 is 0 Å². The average Bonchev–Trinajstić information content (AvgIpc) is 2.62. The minimum Gasteiger partial charge on any atom is -0.289 e. The number of carbonyl (C=O) groups excluding carboxylic acids is 1. The number of benzene rings is 2. The third-order valence-corrected chi connectivity index (χ3v) is 4.81.